The van der Waals surface area contributed by atoms with Crippen LogP contribution in [0.3, 0.4) is 0 Å². The first-order valence-corrected chi connectivity index (χ1v) is 6.53. The van der Waals surface area contributed by atoms with E-state index in [0.717, 1.165) is 22.3 Å². The summed E-state index contributed by atoms with van der Waals surface area (Å²) in [6.45, 7) is 6.00. The van der Waals surface area contributed by atoms with Crippen molar-refractivity contribution >= 4 is 11.5 Å². The first kappa shape index (κ1) is 14.1. The molecule has 0 aliphatic rings. The average Bonchev–Trinajstić information content (AvgIpc) is 2.47. The van der Waals surface area contributed by atoms with Crippen LogP contribution >= 0.6 is 0 Å². The van der Waals surface area contributed by atoms with Gasteiger partial charge >= 0.3 is 5.97 Å². The van der Waals surface area contributed by atoms with Crippen LogP contribution in [0.15, 0.2) is 55.1 Å². The van der Waals surface area contributed by atoms with Crippen molar-refractivity contribution in [3.05, 3.63) is 77.4 Å². The third kappa shape index (κ3) is 2.97. The monoisotopic (exact) mass is 266 g/mol. The van der Waals surface area contributed by atoms with Gasteiger partial charge in [0, 0.05) is 0 Å². The molecule has 2 rings (SSSR count). The number of carbonyl (C=O) groups excluding carboxylic acids is 1. The molecule has 0 unspecified atom stereocenters. The summed E-state index contributed by atoms with van der Waals surface area (Å²) in [5.41, 5.74) is 4.90. The van der Waals surface area contributed by atoms with Crippen LogP contribution in [0, 0.1) is 0 Å². The minimum absolute atomic E-state index is 0.298. The van der Waals surface area contributed by atoms with Gasteiger partial charge in [0.25, 0.3) is 0 Å². The summed E-state index contributed by atoms with van der Waals surface area (Å²) in [5.74, 6) is -0.298. The number of methoxy groups -OCH3 is 1. The predicted octanol–water partition coefficient (Wildman–Crippen LogP) is 4.10. The average molecular weight is 266 g/mol. The van der Waals surface area contributed by atoms with E-state index < -0.39 is 0 Å². The lowest BCUT2D eigenvalue weighted by Gasteiger charge is -2.11. The lowest BCUT2D eigenvalue weighted by atomic mass is 9.94. The number of carbonyl (C=O) groups is 1. The van der Waals surface area contributed by atoms with Gasteiger partial charge in [0.1, 0.15) is 0 Å². The van der Waals surface area contributed by atoms with Crippen LogP contribution in [-0.4, -0.2) is 13.1 Å². The number of rotatable bonds is 4. The maximum Gasteiger partial charge on any atom is 0.338 e. The van der Waals surface area contributed by atoms with Crippen molar-refractivity contribution in [3.8, 4) is 0 Å². The molecule has 0 aliphatic carbocycles. The zero-order chi connectivity index (χ0) is 14.5. The molecule has 0 saturated carbocycles. The Labute approximate surface area is 119 Å². The van der Waals surface area contributed by atoms with Crippen molar-refractivity contribution in [2.75, 3.05) is 7.11 Å². The van der Waals surface area contributed by atoms with E-state index in [-0.39, 0.29) is 5.97 Å². The van der Waals surface area contributed by atoms with E-state index in [2.05, 4.69) is 18.7 Å². The lowest BCUT2D eigenvalue weighted by molar-refractivity contribution is 0.0599. The smallest absolute Gasteiger partial charge is 0.338 e. The largest absolute Gasteiger partial charge is 0.465 e. The van der Waals surface area contributed by atoms with Gasteiger partial charge < -0.3 is 4.74 Å². The standard InChI is InChI=1S/C18H18O2/c1-13(2)16-10-6-4-8-14(16)12-15-9-5-7-11-17(15)18(19)20-3/h4-11H,1,12H2,2-3H3. The van der Waals surface area contributed by atoms with Crippen molar-refractivity contribution in [3.63, 3.8) is 0 Å². The molecule has 0 spiro atoms. The van der Waals surface area contributed by atoms with Crippen molar-refractivity contribution in [2.45, 2.75) is 13.3 Å². The van der Waals surface area contributed by atoms with Crippen molar-refractivity contribution in [2.24, 2.45) is 0 Å². The summed E-state index contributed by atoms with van der Waals surface area (Å²) in [6.07, 6.45) is 0.689. The molecule has 102 valence electrons. The Morgan fingerprint density at radius 3 is 2.05 bits per heavy atom. The van der Waals surface area contributed by atoms with Gasteiger partial charge in [-0.25, -0.2) is 4.79 Å². The lowest BCUT2D eigenvalue weighted by Crippen LogP contribution is -2.06. The summed E-state index contributed by atoms with van der Waals surface area (Å²) >= 11 is 0. The third-order valence-corrected chi connectivity index (χ3v) is 3.28. The first-order valence-electron chi connectivity index (χ1n) is 6.53. The number of benzene rings is 2. The minimum atomic E-state index is -0.298. The van der Waals surface area contributed by atoms with Gasteiger partial charge in [-0.05, 0) is 36.1 Å². The molecule has 0 aliphatic heterocycles. The Morgan fingerprint density at radius 2 is 1.50 bits per heavy atom. The third-order valence-electron chi connectivity index (χ3n) is 3.28. The molecule has 0 amide bonds. The maximum atomic E-state index is 11.8. The van der Waals surface area contributed by atoms with Crippen molar-refractivity contribution in [1.29, 1.82) is 0 Å². The minimum Gasteiger partial charge on any atom is -0.465 e. The Morgan fingerprint density at radius 1 is 1.00 bits per heavy atom. The molecule has 2 aromatic rings. The molecule has 2 nitrogen and oxygen atoms in total. The molecule has 2 aromatic carbocycles. The normalized spacial score (nSPS) is 10.1. The molecule has 0 bridgehead atoms. The number of hydrogen-bond acceptors (Lipinski definition) is 2. The number of hydrogen-bond donors (Lipinski definition) is 0. The highest BCUT2D eigenvalue weighted by atomic mass is 16.5. The molecule has 0 N–H and O–H groups in total. The van der Waals surface area contributed by atoms with Crippen LogP contribution in [0.4, 0.5) is 0 Å². The highest BCUT2D eigenvalue weighted by Crippen LogP contribution is 2.22. The van der Waals surface area contributed by atoms with Gasteiger partial charge in [-0.1, -0.05) is 54.6 Å². The highest BCUT2D eigenvalue weighted by molar-refractivity contribution is 5.91. The molecule has 0 fully saturated rings. The van der Waals surface area contributed by atoms with Crippen LogP contribution in [0.1, 0.15) is 34.0 Å². The SMILES string of the molecule is C=C(C)c1ccccc1Cc1ccccc1C(=O)OC. The number of allylic oxidation sites excluding steroid dienone is 1. The summed E-state index contributed by atoms with van der Waals surface area (Å²) in [4.78, 5) is 11.8. The van der Waals surface area contributed by atoms with Crippen molar-refractivity contribution in [1.82, 2.24) is 0 Å². The molecule has 0 aromatic heterocycles. The van der Waals surface area contributed by atoms with Crippen LogP contribution in [-0.2, 0) is 11.2 Å². The molecule has 2 heteroatoms. The quantitative estimate of drug-likeness (QED) is 0.779. The summed E-state index contributed by atoms with van der Waals surface area (Å²) in [7, 11) is 1.40. The van der Waals surface area contributed by atoms with E-state index in [1.54, 1.807) is 6.07 Å². The summed E-state index contributed by atoms with van der Waals surface area (Å²) in [5, 5.41) is 0. The molecule has 0 radical (unpaired) electrons. The Kier molecular flexibility index (Phi) is 4.36. The van der Waals surface area contributed by atoms with Crippen molar-refractivity contribution < 1.29 is 9.53 Å². The fourth-order valence-electron chi connectivity index (χ4n) is 2.28. The summed E-state index contributed by atoms with van der Waals surface area (Å²) in [6, 6.07) is 15.7. The van der Waals surface area contributed by atoms with E-state index in [4.69, 9.17) is 4.74 Å². The second-order valence-corrected chi connectivity index (χ2v) is 4.76. The van der Waals surface area contributed by atoms with Gasteiger partial charge in [-0.3, -0.25) is 0 Å². The van der Waals surface area contributed by atoms with E-state index >= 15 is 0 Å². The van der Waals surface area contributed by atoms with Crippen LogP contribution in [0.2, 0.25) is 0 Å². The van der Waals surface area contributed by atoms with E-state index in [0.29, 0.717) is 12.0 Å². The van der Waals surface area contributed by atoms with Gasteiger partial charge in [0.2, 0.25) is 0 Å². The second-order valence-electron chi connectivity index (χ2n) is 4.76. The van der Waals surface area contributed by atoms with E-state index in [1.807, 2.05) is 37.3 Å². The van der Waals surface area contributed by atoms with Gasteiger partial charge in [0.05, 0.1) is 12.7 Å². The number of esters is 1. The Balaban J connectivity index is 2.41. The molecule has 0 saturated heterocycles. The molecule has 0 atom stereocenters. The first-order chi connectivity index (χ1) is 9.63. The maximum absolute atomic E-state index is 11.8. The Bertz CT molecular complexity index is 641. The zero-order valence-electron chi connectivity index (χ0n) is 11.8. The second kappa shape index (κ2) is 6.20. The molecule has 0 heterocycles. The topological polar surface area (TPSA) is 26.3 Å². The fourth-order valence-corrected chi connectivity index (χ4v) is 2.28. The summed E-state index contributed by atoms with van der Waals surface area (Å²) < 4.78 is 4.84. The van der Waals surface area contributed by atoms with Gasteiger partial charge in [-0.15, -0.1) is 0 Å². The highest BCUT2D eigenvalue weighted by Gasteiger charge is 2.12. The fraction of sp³-hybridized carbons (Fsp3) is 0.167. The van der Waals surface area contributed by atoms with E-state index in [1.165, 1.54) is 7.11 Å². The van der Waals surface area contributed by atoms with Gasteiger partial charge in [-0.2, -0.15) is 0 Å². The van der Waals surface area contributed by atoms with Gasteiger partial charge in [0.15, 0.2) is 0 Å². The van der Waals surface area contributed by atoms with Crippen LogP contribution < -0.4 is 0 Å². The molecule has 20 heavy (non-hydrogen) atoms. The molecular formula is C18H18O2. The van der Waals surface area contributed by atoms with Crippen LogP contribution in [0.25, 0.3) is 5.57 Å². The van der Waals surface area contributed by atoms with Crippen LogP contribution in [0.5, 0.6) is 0 Å². The predicted molar refractivity (Wildman–Crippen MR) is 81.7 cm³/mol. The zero-order valence-corrected chi connectivity index (χ0v) is 11.8. The Hall–Kier alpha value is -2.35. The molecular weight excluding hydrogens is 248 g/mol. The number of ether oxygens (including phenoxy) is 1. The van der Waals surface area contributed by atoms with E-state index in [9.17, 15) is 4.79 Å².